The fourth-order valence-corrected chi connectivity index (χ4v) is 13.7. The number of aryl methyl sites for hydroxylation is 4. The molecule has 4 aromatic carbocycles. The minimum atomic E-state index is 0. The first-order chi connectivity index (χ1) is 45.3. The zero-order valence-electron chi connectivity index (χ0n) is 61.7. The molecule has 0 fully saturated rings. The zero-order valence-corrected chi connectivity index (χ0v) is 62.7. The van der Waals surface area contributed by atoms with Crippen LogP contribution < -0.4 is 0 Å². The van der Waals surface area contributed by atoms with Gasteiger partial charge in [-0.3, -0.25) is 0 Å². The average Bonchev–Trinajstić information content (AvgIpc) is 1.70. The van der Waals surface area contributed by atoms with Gasteiger partial charge in [0, 0.05) is 39.3 Å². The quantitative estimate of drug-likeness (QED) is 0.0263. The maximum Gasteiger partial charge on any atom is 0.210 e. The first-order valence-electron chi connectivity index (χ1n) is 39.9. The number of aliphatic hydroxyl groups excluding tert-OH is 2. The summed E-state index contributed by atoms with van der Waals surface area (Å²) in [5.74, 6) is 0. The van der Waals surface area contributed by atoms with Crippen molar-refractivity contribution in [1.29, 1.82) is 0 Å². The van der Waals surface area contributed by atoms with E-state index in [1.165, 1.54) is 299 Å². The second kappa shape index (κ2) is 59.6. The zero-order chi connectivity index (χ0) is 66.2. The molecule has 0 atom stereocenters. The maximum atomic E-state index is 12.7. The number of unbranched alkanes of at least 4 members (excludes halogenated alkanes) is 37. The Bertz CT molecular complexity index is 2360. The van der Waals surface area contributed by atoms with E-state index >= 15 is 0 Å². The number of hydrogen-bond acceptors (Lipinski definition) is 2. The molecule has 1 heterocycles. The molecule has 0 bridgehead atoms. The molecule has 0 spiro atoms. The van der Waals surface area contributed by atoms with E-state index in [1.54, 1.807) is 38.1 Å². The molecule has 0 aromatic heterocycles. The number of aliphatic hydroxyl groups is 2. The van der Waals surface area contributed by atoms with Crippen LogP contribution in [0.2, 0.25) is 0 Å². The number of hydrogen-bond donors (Lipinski definition) is 2. The van der Waals surface area contributed by atoms with Gasteiger partial charge in [0.15, 0.2) is 0 Å². The Morgan fingerprint density at radius 1 is 0.290 bits per heavy atom. The van der Waals surface area contributed by atoms with Gasteiger partial charge in [0.05, 0.1) is 13.2 Å². The van der Waals surface area contributed by atoms with Crippen LogP contribution in [-0.2, 0) is 68.2 Å². The molecule has 2 N–H and O–H groups in total. The van der Waals surface area contributed by atoms with E-state index in [1.807, 2.05) is 60.7 Å². The molecule has 5 rings (SSSR count). The molecule has 4 nitrogen and oxygen atoms in total. The van der Waals surface area contributed by atoms with Crippen molar-refractivity contribution in [3.63, 3.8) is 0 Å². The Labute approximate surface area is 586 Å². The Balaban J connectivity index is 0.00000150. The SMILES string of the molecule is CCCCCCCCCCCCCCCCCCCc1c(CCCC)cc(C2=CC(CCCC)=C(c3cc(CCCC)c(CCCCCCCCCCCCCCCCCCC)c(CCCC)c3)[N+]2=[N-])cc1CCCC.OCc1ccccc1.OCc1ccccc1.[Ni]. The van der Waals surface area contributed by atoms with Crippen molar-refractivity contribution in [1.82, 2.24) is 0 Å². The third kappa shape index (κ3) is 38.8. The molecule has 93 heavy (non-hydrogen) atoms. The topological polar surface area (TPSA) is 65.8 Å². The van der Waals surface area contributed by atoms with Gasteiger partial charge in [0.25, 0.3) is 0 Å². The van der Waals surface area contributed by atoms with Crippen LogP contribution in [0.5, 0.6) is 0 Å². The third-order valence-corrected chi connectivity index (χ3v) is 19.6. The van der Waals surface area contributed by atoms with Gasteiger partial charge in [-0.1, -0.05) is 347 Å². The molecular formula is C88H144N2NiO2. The van der Waals surface area contributed by atoms with E-state index in [9.17, 15) is 5.53 Å². The molecule has 1 aliphatic rings. The predicted molar refractivity (Wildman–Crippen MR) is 406 cm³/mol. The molecule has 0 radical (unpaired) electrons. The summed E-state index contributed by atoms with van der Waals surface area (Å²) in [6.07, 6.45) is 70.7. The monoisotopic (exact) mass is 1320 g/mol. The molecule has 0 unspecified atom stereocenters. The van der Waals surface area contributed by atoms with Crippen molar-refractivity contribution in [2.75, 3.05) is 0 Å². The standard InChI is InChI=1S/C74H128N2.2C7H8O.Ni/c1-8-15-22-24-26-28-30-32-34-36-38-40-42-44-46-48-50-57-71-64(52-17-10-3)59-69(60-65(71)53-18-11-4)73-63-68(56-21-14-7)74(76(73)75)70-61-66(54-19-12-5)72(67(62-70)55-20-13-6)58-51-49-47-45-43-41-39-37-35-33-31-29-27-25-23-16-9-2;2*8-6-7-4-2-1-3-5-7;/h59-63H,8-58H2,1-7H3;2*1-5,8H,6H2;. The molecule has 0 saturated heterocycles. The number of benzene rings is 4. The van der Waals surface area contributed by atoms with Crippen LogP contribution in [0, 0.1) is 0 Å². The molecular weight excluding hydrogens is 1180 g/mol. The summed E-state index contributed by atoms with van der Waals surface area (Å²) in [6, 6.07) is 29.2. The van der Waals surface area contributed by atoms with Crippen molar-refractivity contribution in [2.24, 2.45) is 0 Å². The molecule has 0 saturated carbocycles. The van der Waals surface area contributed by atoms with E-state index in [0.29, 0.717) is 0 Å². The second-order valence-corrected chi connectivity index (χ2v) is 27.9. The van der Waals surface area contributed by atoms with E-state index in [0.717, 1.165) is 67.5 Å². The van der Waals surface area contributed by atoms with Crippen LogP contribution in [0.15, 0.2) is 96.6 Å². The second-order valence-electron chi connectivity index (χ2n) is 27.9. The minimum Gasteiger partial charge on any atom is -0.493 e. The summed E-state index contributed by atoms with van der Waals surface area (Å²) in [4.78, 5) is 0. The molecule has 0 amide bonds. The number of nitrogens with zero attached hydrogens (tertiary/aromatic N) is 2. The van der Waals surface area contributed by atoms with Gasteiger partial charge < -0.3 is 15.7 Å². The average molecular weight is 1320 g/mol. The first-order valence-corrected chi connectivity index (χ1v) is 39.9. The summed E-state index contributed by atoms with van der Waals surface area (Å²) in [5.41, 5.74) is 30.0. The van der Waals surface area contributed by atoms with Gasteiger partial charge in [-0.25, -0.2) is 4.70 Å². The Morgan fingerprint density at radius 3 is 0.796 bits per heavy atom. The van der Waals surface area contributed by atoms with E-state index in [-0.39, 0.29) is 29.7 Å². The Hall–Kier alpha value is -3.63. The van der Waals surface area contributed by atoms with Crippen LogP contribution in [0.4, 0.5) is 0 Å². The van der Waals surface area contributed by atoms with Gasteiger partial charge in [0.2, 0.25) is 11.4 Å². The summed E-state index contributed by atoms with van der Waals surface area (Å²) in [7, 11) is 0. The Morgan fingerprint density at radius 2 is 0.538 bits per heavy atom. The van der Waals surface area contributed by atoms with Gasteiger partial charge in [-0.2, -0.15) is 0 Å². The van der Waals surface area contributed by atoms with Crippen molar-refractivity contribution in [3.8, 4) is 0 Å². The molecule has 528 valence electrons. The van der Waals surface area contributed by atoms with Crippen LogP contribution in [-0.4, -0.2) is 14.9 Å². The number of allylic oxidation sites excluding steroid dienone is 2. The first kappa shape index (κ1) is 85.5. The number of rotatable bonds is 55. The van der Waals surface area contributed by atoms with E-state index in [4.69, 9.17) is 10.2 Å². The molecule has 4 aromatic rings. The van der Waals surface area contributed by atoms with Gasteiger partial charge in [-0.05, 0) is 159 Å². The smallest absolute Gasteiger partial charge is 0.210 e. The summed E-state index contributed by atoms with van der Waals surface area (Å²) in [5, 5.41) is 17.1. The van der Waals surface area contributed by atoms with Crippen LogP contribution in [0.25, 0.3) is 16.9 Å². The van der Waals surface area contributed by atoms with E-state index in [2.05, 4.69) is 78.8 Å². The summed E-state index contributed by atoms with van der Waals surface area (Å²) < 4.78 is 1.66. The molecule has 0 aliphatic carbocycles. The van der Waals surface area contributed by atoms with Gasteiger partial charge >= 0.3 is 0 Å². The van der Waals surface area contributed by atoms with Gasteiger partial charge in [-0.15, -0.1) is 0 Å². The van der Waals surface area contributed by atoms with Crippen molar-refractivity contribution in [2.45, 2.75) is 389 Å². The predicted octanol–water partition coefficient (Wildman–Crippen LogP) is 27.8. The van der Waals surface area contributed by atoms with Crippen molar-refractivity contribution < 1.29 is 31.4 Å². The normalized spacial score (nSPS) is 12.0. The fourth-order valence-electron chi connectivity index (χ4n) is 13.7. The van der Waals surface area contributed by atoms with E-state index < -0.39 is 0 Å². The summed E-state index contributed by atoms with van der Waals surface area (Å²) in [6.45, 7) is 16.6. The fraction of sp³-hybridized carbons (Fsp3) is 0.682. The molecule has 1 aliphatic heterocycles. The van der Waals surface area contributed by atoms with Crippen LogP contribution >= 0.6 is 0 Å². The van der Waals surface area contributed by atoms with Crippen LogP contribution in [0.3, 0.4) is 0 Å². The minimum absolute atomic E-state index is 0. The Kier molecular flexibility index (Phi) is 54.8. The molecule has 5 heteroatoms. The van der Waals surface area contributed by atoms with Crippen molar-refractivity contribution >= 4 is 11.4 Å². The third-order valence-electron chi connectivity index (χ3n) is 19.6. The maximum absolute atomic E-state index is 12.7. The largest absolute Gasteiger partial charge is 0.493 e. The van der Waals surface area contributed by atoms with Crippen molar-refractivity contribution in [3.05, 3.63) is 158 Å². The van der Waals surface area contributed by atoms with Gasteiger partial charge in [0.1, 0.15) is 0 Å². The summed E-state index contributed by atoms with van der Waals surface area (Å²) >= 11 is 0. The van der Waals surface area contributed by atoms with Crippen LogP contribution in [0.1, 0.15) is 393 Å².